The number of rotatable bonds is 3. The Morgan fingerprint density at radius 1 is 1.31 bits per heavy atom. The van der Waals surface area contributed by atoms with Gasteiger partial charge in [-0.2, -0.15) is 0 Å². The molecule has 0 bridgehead atoms. The molecule has 0 saturated heterocycles. The molecule has 2 aromatic rings. The zero-order valence-electron chi connectivity index (χ0n) is 8.65. The lowest BCUT2D eigenvalue weighted by Crippen LogP contribution is -2.16. The van der Waals surface area contributed by atoms with E-state index in [0.29, 0.717) is 10.0 Å². The summed E-state index contributed by atoms with van der Waals surface area (Å²) in [5, 5.41) is 3.19. The van der Waals surface area contributed by atoms with Crippen LogP contribution in [0.15, 0.2) is 29.1 Å². The van der Waals surface area contributed by atoms with Crippen molar-refractivity contribution in [3.05, 3.63) is 44.7 Å². The van der Waals surface area contributed by atoms with Gasteiger partial charge in [0.05, 0.1) is 15.6 Å². The molecule has 84 valence electrons. The maximum atomic E-state index is 5.96. The number of hydrogen-bond donors (Lipinski definition) is 0. The molecule has 5 heteroatoms. The fourth-order valence-electron chi connectivity index (χ4n) is 1.39. The predicted molar refractivity (Wildman–Crippen MR) is 70.7 cm³/mol. The molecule has 1 heterocycles. The number of halogens is 2. The number of aromatic nitrogens is 1. The summed E-state index contributed by atoms with van der Waals surface area (Å²) in [6.07, 6.45) is 0. The van der Waals surface area contributed by atoms with E-state index in [4.69, 9.17) is 23.2 Å². The lowest BCUT2D eigenvalue weighted by Gasteiger charge is -2.16. The molecule has 2 rings (SSSR count). The van der Waals surface area contributed by atoms with E-state index >= 15 is 0 Å². The van der Waals surface area contributed by atoms with Crippen molar-refractivity contribution in [1.29, 1.82) is 0 Å². The van der Waals surface area contributed by atoms with E-state index in [1.165, 1.54) is 0 Å². The van der Waals surface area contributed by atoms with E-state index < -0.39 is 0 Å². The van der Waals surface area contributed by atoms with Gasteiger partial charge in [0.15, 0.2) is 0 Å². The fourth-order valence-corrected chi connectivity index (χ4v) is 2.30. The van der Waals surface area contributed by atoms with Gasteiger partial charge in [-0.05, 0) is 17.7 Å². The molecule has 1 aromatic heterocycles. The summed E-state index contributed by atoms with van der Waals surface area (Å²) in [6.45, 7) is 0.765. The molecular formula is C11H10Cl2N2S. The van der Waals surface area contributed by atoms with Crippen molar-refractivity contribution in [2.24, 2.45) is 0 Å². The molecular weight excluding hydrogens is 263 g/mol. The van der Waals surface area contributed by atoms with Crippen LogP contribution in [-0.4, -0.2) is 12.0 Å². The number of nitrogens with zero attached hydrogens (tertiary/aromatic N) is 2. The normalized spacial score (nSPS) is 10.4. The minimum Gasteiger partial charge on any atom is -0.355 e. The largest absolute Gasteiger partial charge is 0.355 e. The van der Waals surface area contributed by atoms with Gasteiger partial charge in [-0.1, -0.05) is 29.3 Å². The summed E-state index contributed by atoms with van der Waals surface area (Å²) in [5.41, 5.74) is 2.94. The zero-order valence-corrected chi connectivity index (χ0v) is 11.0. The van der Waals surface area contributed by atoms with E-state index in [9.17, 15) is 0 Å². The van der Waals surface area contributed by atoms with Crippen LogP contribution in [0.3, 0.4) is 0 Å². The van der Waals surface area contributed by atoms with Crippen LogP contribution in [0.2, 0.25) is 10.0 Å². The van der Waals surface area contributed by atoms with Crippen LogP contribution < -0.4 is 4.90 Å². The van der Waals surface area contributed by atoms with Gasteiger partial charge >= 0.3 is 0 Å². The van der Waals surface area contributed by atoms with Crippen molar-refractivity contribution < 1.29 is 0 Å². The van der Waals surface area contributed by atoms with Crippen LogP contribution in [0.4, 0.5) is 5.82 Å². The number of anilines is 1. The smallest absolute Gasteiger partial charge is 0.139 e. The van der Waals surface area contributed by atoms with Gasteiger partial charge < -0.3 is 4.90 Å². The monoisotopic (exact) mass is 272 g/mol. The Kier molecular flexibility index (Phi) is 3.69. The van der Waals surface area contributed by atoms with Gasteiger partial charge in [0.1, 0.15) is 5.82 Å². The third-order valence-corrected chi connectivity index (χ3v) is 3.53. The quantitative estimate of drug-likeness (QED) is 0.837. The first-order chi connectivity index (χ1) is 7.66. The molecule has 0 fully saturated rings. The molecule has 16 heavy (non-hydrogen) atoms. The predicted octanol–water partition coefficient (Wildman–Crippen LogP) is 4.09. The molecule has 0 radical (unpaired) electrons. The van der Waals surface area contributed by atoms with Crippen molar-refractivity contribution >= 4 is 40.4 Å². The van der Waals surface area contributed by atoms with Crippen molar-refractivity contribution in [3.63, 3.8) is 0 Å². The highest BCUT2D eigenvalue weighted by Crippen LogP contribution is 2.24. The van der Waals surface area contributed by atoms with Crippen molar-refractivity contribution in [1.82, 2.24) is 4.98 Å². The third kappa shape index (κ3) is 2.67. The topological polar surface area (TPSA) is 16.1 Å². The SMILES string of the molecule is CN(Cc1ccc(Cl)c(Cl)c1)c1cscn1. The summed E-state index contributed by atoms with van der Waals surface area (Å²) < 4.78 is 0. The lowest BCUT2D eigenvalue weighted by atomic mass is 10.2. The standard InChI is InChI=1S/C11H10Cl2N2S/c1-15(11-6-16-7-14-11)5-8-2-3-9(12)10(13)4-8/h2-4,6-7H,5H2,1H3. The van der Waals surface area contributed by atoms with Gasteiger partial charge in [-0.3, -0.25) is 0 Å². The molecule has 0 unspecified atom stereocenters. The molecule has 0 atom stereocenters. The van der Waals surface area contributed by atoms with Gasteiger partial charge in [0.2, 0.25) is 0 Å². The lowest BCUT2D eigenvalue weighted by molar-refractivity contribution is 0.904. The summed E-state index contributed by atoms with van der Waals surface area (Å²) in [6, 6.07) is 5.66. The number of thiazole rings is 1. The molecule has 0 aliphatic rings. The second kappa shape index (κ2) is 5.04. The van der Waals surface area contributed by atoms with Crippen LogP contribution in [0, 0.1) is 0 Å². The van der Waals surface area contributed by atoms with Crippen LogP contribution in [-0.2, 0) is 6.54 Å². The molecule has 0 N–H and O–H groups in total. The Balaban J connectivity index is 2.12. The third-order valence-electron chi connectivity index (χ3n) is 2.21. The van der Waals surface area contributed by atoms with Gasteiger partial charge in [0.25, 0.3) is 0 Å². The second-order valence-corrected chi connectivity index (χ2v) is 4.98. The molecule has 0 saturated carbocycles. The summed E-state index contributed by atoms with van der Waals surface area (Å²) in [7, 11) is 2.00. The van der Waals surface area contributed by atoms with Crippen molar-refractivity contribution in [3.8, 4) is 0 Å². The average Bonchev–Trinajstić information content (AvgIpc) is 2.77. The van der Waals surface area contributed by atoms with E-state index in [1.807, 2.05) is 36.1 Å². The van der Waals surface area contributed by atoms with Gasteiger partial charge in [-0.25, -0.2) is 4.98 Å². The first kappa shape index (κ1) is 11.7. The minimum atomic E-state index is 0.585. The summed E-state index contributed by atoms with van der Waals surface area (Å²) >= 11 is 13.4. The maximum absolute atomic E-state index is 5.96. The summed E-state index contributed by atoms with van der Waals surface area (Å²) in [4.78, 5) is 6.30. The number of hydrogen-bond acceptors (Lipinski definition) is 3. The van der Waals surface area contributed by atoms with E-state index in [0.717, 1.165) is 17.9 Å². The van der Waals surface area contributed by atoms with Crippen LogP contribution >= 0.6 is 34.5 Å². The second-order valence-electron chi connectivity index (χ2n) is 3.45. The molecule has 0 amide bonds. The Hall–Kier alpha value is -0.770. The molecule has 0 spiro atoms. The highest BCUT2D eigenvalue weighted by Gasteiger charge is 2.05. The minimum absolute atomic E-state index is 0.585. The fraction of sp³-hybridized carbons (Fsp3) is 0.182. The Morgan fingerprint density at radius 3 is 2.75 bits per heavy atom. The summed E-state index contributed by atoms with van der Waals surface area (Å²) in [5.74, 6) is 0.969. The Labute approximate surface area is 108 Å². The first-order valence-corrected chi connectivity index (χ1v) is 6.40. The zero-order chi connectivity index (χ0) is 11.5. The highest BCUT2D eigenvalue weighted by atomic mass is 35.5. The van der Waals surface area contributed by atoms with Crippen molar-refractivity contribution in [2.45, 2.75) is 6.54 Å². The van der Waals surface area contributed by atoms with Crippen LogP contribution in [0.1, 0.15) is 5.56 Å². The van der Waals surface area contributed by atoms with E-state index in [-0.39, 0.29) is 0 Å². The highest BCUT2D eigenvalue weighted by molar-refractivity contribution is 7.07. The van der Waals surface area contributed by atoms with E-state index in [2.05, 4.69) is 9.88 Å². The van der Waals surface area contributed by atoms with Crippen LogP contribution in [0.25, 0.3) is 0 Å². The van der Waals surface area contributed by atoms with Gasteiger partial charge in [-0.15, -0.1) is 11.3 Å². The molecule has 0 aliphatic carbocycles. The molecule has 0 aliphatic heterocycles. The first-order valence-electron chi connectivity index (χ1n) is 4.70. The van der Waals surface area contributed by atoms with Crippen molar-refractivity contribution in [2.75, 3.05) is 11.9 Å². The number of benzene rings is 1. The molecule has 1 aromatic carbocycles. The Morgan fingerprint density at radius 2 is 2.12 bits per heavy atom. The maximum Gasteiger partial charge on any atom is 0.139 e. The van der Waals surface area contributed by atoms with Gasteiger partial charge in [0, 0.05) is 19.0 Å². The average molecular weight is 273 g/mol. The van der Waals surface area contributed by atoms with E-state index in [1.54, 1.807) is 11.3 Å². The Bertz CT molecular complexity index is 471. The molecule has 2 nitrogen and oxygen atoms in total. The van der Waals surface area contributed by atoms with Crippen LogP contribution in [0.5, 0.6) is 0 Å².